The number of ether oxygens (including phenoxy) is 2. The van der Waals surface area contributed by atoms with E-state index >= 15 is 0 Å². The Morgan fingerprint density at radius 2 is 1.95 bits per heavy atom. The van der Waals surface area contributed by atoms with Gasteiger partial charge >= 0.3 is 0 Å². The number of rotatable bonds is 8. The van der Waals surface area contributed by atoms with Crippen molar-refractivity contribution >= 4 is 21.6 Å². The molecule has 0 saturated heterocycles. The molecule has 1 N–H and O–H groups in total. The Morgan fingerprint density at radius 3 is 2.48 bits per heavy atom. The minimum Gasteiger partial charge on any atom is -0.352 e. The van der Waals surface area contributed by atoms with Crippen LogP contribution in [0, 0.1) is 11.3 Å². The topological polar surface area (TPSA) is 88.4 Å². The molecule has 8 heteroatoms. The van der Waals surface area contributed by atoms with Gasteiger partial charge in [-0.05, 0) is 32.0 Å². The lowest BCUT2D eigenvalue weighted by atomic mass is 10.2. The summed E-state index contributed by atoms with van der Waals surface area (Å²) in [5.74, 6) is 0. The Hall–Kier alpha value is -1.17. The monoisotopic (exact) mass is 332 g/mol. The molecule has 1 aromatic carbocycles. The average Bonchev–Trinajstić information content (AvgIpc) is 2.45. The van der Waals surface area contributed by atoms with Gasteiger partial charge in [0.25, 0.3) is 0 Å². The van der Waals surface area contributed by atoms with Crippen LogP contribution in [0.15, 0.2) is 23.1 Å². The maximum Gasteiger partial charge on any atom is 0.242 e. The molecule has 116 valence electrons. The summed E-state index contributed by atoms with van der Waals surface area (Å²) in [7, 11) is -3.85. The van der Waals surface area contributed by atoms with Crippen molar-refractivity contribution in [1.82, 2.24) is 4.72 Å². The van der Waals surface area contributed by atoms with Gasteiger partial charge in [0.1, 0.15) is 4.90 Å². The normalized spacial score (nSPS) is 11.6. The molecule has 21 heavy (non-hydrogen) atoms. The highest BCUT2D eigenvalue weighted by atomic mass is 35.5. The maximum atomic E-state index is 12.2. The van der Waals surface area contributed by atoms with Gasteiger partial charge in [0, 0.05) is 13.2 Å². The van der Waals surface area contributed by atoms with Crippen LogP contribution in [-0.4, -0.2) is 34.5 Å². The van der Waals surface area contributed by atoms with Gasteiger partial charge in [-0.2, -0.15) is 5.26 Å². The molecule has 0 radical (unpaired) electrons. The van der Waals surface area contributed by atoms with Crippen LogP contribution in [-0.2, 0) is 19.5 Å². The highest BCUT2D eigenvalue weighted by Crippen LogP contribution is 2.22. The van der Waals surface area contributed by atoms with E-state index in [9.17, 15) is 8.42 Å². The Balaban J connectivity index is 2.89. The van der Waals surface area contributed by atoms with Crippen LogP contribution in [0.2, 0.25) is 5.02 Å². The molecule has 0 heterocycles. The first kappa shape index (κ1) is 17.9. The summed E-state index contributed by atoms with van der Waals surface area (Å²) >= 11 is 5.88. The summed E-state index contributed by atoms with van der Waals surface area (Å²) in [5, 5.41) is 8.88. The van der Waals surface area contributed by atoms with Crippen molar-refractivity contribution < 1.29 is 17.9 Å². The van der Waals surface area contributed by atoms with E-state index in [0.717, 1.165) is 0 Å². The number of nitrogens with one attached hydrogen (secondary N) is 1. The summed E-state index contributed by atoms with van der Waals surface area (Å²) < 4.78 is 37.3. The van der Waals surface area contributed by atoms with E-state index in [-0.39, 0.29) is 22.0 Å². The van der Waals surface area contributed by atoms with Crippen LogP contribution >= 0.6 is 11.6 Å². The second-order valence-electron chi connectivity index (χ2n) is 3.95. The van der Waals surface area contributed by atoms with Crippen LogP contribution in [0.1, 0.15) is 19.4 Å². The number of nitriles is 1. The minimum atomic E-state index is -3.85. The Labute approximate surface area is 129 Å². The number of benzene rings is 1. The van der Waals surface area contributed by atoms with E-state index in [1.165, 1.54) is 18.2 Å². The standard InChI is InChI=1S/C13H17ClN2O4S/c1-3-19-13(20-4-2)9-16-21(17,18)12-7-10(8-15)5-6-11(12)14/h5-7,13,16H,3-4,9H2,1-2H3. The number of hydrogen-bond acceptors (Lipinski definition) is 5. The summed E-state index contributed by atoms with van der Waals surface area (Å²) in [6.45, 7) is 4.33. The van der Waals surface area contributed by atoms with Crippen molar-refractivity contribution in [2.75, 3.05) is 19.8 Å². The summed E-state index contributed by atoms with van der Waals surface area (Å²) in [6.07, 6.45) is -0.673. The first-order chi connectivity index (χ1) is 9.94. The van der Waals surface area contributed by atoms with E-state index in [4.69, 9.17) is 26.3 Å². The van der Waals surface area contributed by atoms with E-state index in [2.05, 4.69) is 4.72 Å². The van der Waals surface area contributed by atoms with Gasteiger partial charge < -0.3 is 9.47 Å². The van der Waals surface area contributed by atoms with Crippen molar-refractivity contribution in [1.29, 1.82) is 5.26 Å². The van der Waals surface area contributed by atoms with E-state index in [1.807, 2.05) is 6.07 Å². The minimum absolute atomic E-state index is 0.0445. The number of halogens is 1. The van der Waals surface area contributed by atoms with Gasteiger partial charge in [-0.15, -0.1) is 0 Å². The summed E-state index contributed by atoms with van der Waals surface area (Å²) in [6, 6.07) is 5.92. The lowest BCUT2D eigenvalue weighted by Gasteiger charge is -2.17. The van der Waals surface area contributed by atoms with Crippen LogP contribution in [0.4, 0.5) is 0 Å². The molecule has 0 unspecified atom stereocenters. The van der Waals surface area contributed by atoms with E-state index in [1.54, 1.807) is 13.8 Å². The van der Waals surface area contributed by atoms with Gasteiger partial charge in [0.15, 0.2) is 6.29 Å². The fourth-order valence-corrected chi connectivity index (χ4v) is 3.11. The van der Waals surface area contributed by atoms with E-state index in [0.29, 0.717) is 13.2 Å². The molecule has 0 atom stereocenters. The van der Waals surface area contributed by atoms with Crippen molar-refractivity contribution in [2.24, 2.45) is 0 Å². The molecule has 0 aliphatic carbocycles. The quantitative estimate of drug-likeness (QED) is 0.734. The predicted octanol–water partition coefficient (Wildman–Crippen LogP) is 1.89. The zero-order valence-corrected chi connectivity index (χ0v) is 13.4. The Kier molecular flexibility index (Phi) is 7.08. The first-order valence-corrected chi connectivity index (χ1v) is 8.23. The largest absolute Gasteiger partial charge is 0.352 e. The van der Waals surface area contributed by atoms with Crippen LogP contribution in [0.5, 0.6) is 0 Å². The zero-order chi connectivity index (χ0) is 15.9. The molecule has 0 aromatic heterocycles. The smallest absolute Gasteiger partial charge is 0.242 e. The van der Waals surface area contributed by atoms with Gasteiger partial charge in [-0.3, -0.25) is 0 Å². The lowest BCUT2D eigenvalue weighted by Crippen LogP contribution is -2.35. The third kappa shape index (κ3) is 5.26. The third-order valence-electron chi connectivity index (χ3n) is 2.49. The summed E-state index contributed by atoms with van der Waals surface area (Å²) in [5.41, 5.74) is 0.214. The van der Waals surface area contributed by atoms with Crippen LogP contribution < -0.4 is 4.72 Å². The SMILES string of the molecule is CCOC(CNS(=O)(=O)c1cc(C#N)ccc1Cl)OCC. The van der Waals surface area contributed by atoms with Crippen molar-refractivity contribution in [3.8, 4) is 6.07 Å². The van der Waals surface area contributed by atoms with E-state index < -0.39 is 16.3 Å². The Bertz CT molecular complexity index is 607. The van der Waals surface area contributed by atoms with Crippen molar-refractivity contribution in [3.05, 3.63) is 28.8 Å². The summed E-state index contributed by atoms with van der Waals surface area (Å²) in [4.78, 5) is -0.144. The molecule has 0 amide bonds. The maximum absolute atomic E-state index is 12.2. The zero-order valence-electron chi connectivity index (χ0n) is 11.8. The second kappa shape index (κ2) is 8.32. The fourth-order valence-electron chi connectivity index (χ4n) is 1.57. The fraction of sp³-hybridized carbons (Fsp3) is 0.462. The number of nitrogens with zero attached hydrogens (tertiary/aromatic N) is 1. The predicted molar refractivity (Wildman–Crippen MR) is 78.4 cm³/mol. The molecule has 0 bridgehead atoms. The Morgan fingerprint density at radius 1 is 1.33 bits per heavy atom. The molecule has 1 aromatic rings. The highest BCUT2D eigenvalue weighted by molar-refractivity contribution is 7.89. The van der Waals surface area contributed by atoms with Crippen LogP contribution in [0.3, 0.4) is 0 Å². The van der Waals surface area contributed by atoms with Gasteiger partial charge in [0.2, 0.25) is 10.0 Å². The molecule has 6 nitrogen and oxygen atoms in total. The van der Waals surface area contributed by atoms with Gasteiger partial charge in [-0.1, -0.05) is 11.6 Å². The van der Waals surface area contributed by atoms with Crippen LogP contribution in [0.25, 0.3) is 0 Å². The third-order valence-corrected chi connectivity index (χ3v) is 4.40. The molecular formula is C13H17ClN2O4S. The molecule has 0 saturated carbocycles. The van der Waals surface area contributed by atoms with Gasteiger partial charge in [-0.25, -0.2) is 13.1 Å². The second-order valence-corrected chi connectivity index (χ2v) is 6.09. The molecule has 0 spiro atoms. The number of hydrogen-bond donors (Lipinski definition) is 1. The lowest BCUT2D eigenvalue weighted by molar-refractivity contribution is -0.130. The molecular weight excluding hydrogens is 316 g/mol. The average molecular weight is 333 g/mol. The molecule has 0 aliphatic heterocycles. The molecule has 1 rings (SSSR count). The molecule has 0 aliphatic rings. The molecule has 0 fully saturated rings. The van der Waals surface area contributed by atoms with Crippen molar-refractivity contribution in [2.45, 2.75) is 25.0 Å². The first-order valence-electron chi connectivity index (χ1n) is 6.37. The van der Waals surface area contributed by atoms with Gasteiger partial charge in [0.05, 0.1) is 23.2 Å². The highest BCUT2D eigenvalue weighted by Gasteiger charge is 2.20. The van der Waals surface area contributed by atoms with Crippen molar-refractivity contribution in [3.63, 3.8) is 0 Å². The number of sulfonamides is 1.